The number of rotatable bonds is 3. The molecule has 3 rings (SSSR count). The number of carbonyl (C=O) groups excluding carboxylic acids is 1. The van der Waals surface area contributed by atoms with Crippen LogP contribution in [0.25, 0.3) is 0 Å². The molecule has 6 heteroatoms. The maximum absolute atomic E-state index is 11.4. The molecule has 0 unspecified atom stereocenters. The van der Waals surface area contributed by atoms with Crippen LogP contribution in [-0.4, -0.2) is 23.0 Å². The van der Waals surface area contributed by atoms with E-state index in [4.69, 9.17) is 10.5 Å². The van der Waals surface area contributed by atoms with E-state index in [2.05, 4.69) is 9.97 Å². The lowest BCUT2D eigenvalue weighted by Crippen LogP contribution is -2.21. The van der Waals surface area contributed by atoms with E-state index in [0.717, 1.165) is 5.75 Å². The third kappa shape index (κ3) is 2.40. The molecule has 0 atom stereocenters. The number of hydrogen-bond donors (Lipinski definition) is 1. The molecule has 1 aliphatic heterocycles. The second-order valence-corrected chi connectivity index (χ2v) is 5.06. The van der Waals surface area contributed by atoms with Gasteiger partial charge in [-0.25, -0.2) is 9.97 Å². The first-order valence-corrected chi connectivity index (χ1v) is 6.62. The summed E-state index contributed by atoms with van der Waals surface area (Å²) in [6.07, 6.45) is 1.63. The van der Waals surface area contributed by atoms with Crippen LogP contribution in [0.3, 0.4) is 0 Å². The molecule has 2 heterocycles. The highest BCUT2D eigenvalue weighted by molar-refractivity contribution is 5.92. The molecule has 0 fully saturated rings. The maximum Gasteiger partial charge on any atom is 0.267 e. The number of nitrogens with zero attached hydrogens (tertiary/aromatic N) is 3. The van der Waals surface area contributed by atoms with E-state index in [1.165, 1.54) is 11.1 Å². The average molecular weight is 284 g/mol. The van der Waals surface area contributed by atoms with Gasteiger partial charge in [-0.1, -0.05) is 6.07 Å². The van der Waals surface area contributed by atoms with E-state index in [0.29, 0.717) is 24.6 Å². The van der Waals surface area contributed by atoms with E-state index in [-0.39, 0.29) is 5.69 Å². The molecule has 21 heavy (non-hydrogen) atoms. The highest BCUT2D eigenvalue weighted by Crippen LogP contribution is 2.29. The van der Waals surface area contributed by atoms with Crippen LogP contribution in [0.5, 0.6) is 5.75 Å². The highest BCUT2D eigenvalue weighted by Gasteiger charge is 2.22. The first-order chi connectivity index (χ1) is 10.1. The standard InChI is InChI=1S/C15H16N4O2/c1-9-6-17-15(18-13(9)14(16)20)19-7-10-3-4-12(21-2)5-11(10)8-19/h3-6H,7-8H2,1-2H3,(H2,16,20). The topological polar surface area (TPSA) is 81.3 Å². The summed E-state index contributed by atoms with van der Waals surface area (Å²) in [5.74, 6) is 0.817. The Balaban J connectivity index is 1.90. The van der Waals surface area contributed by atoms with Crippen LogP contribution in [-0.2, 0) is 13.1 Å². The summed E-state index contributed by atoms with van der Waals surface area (Å²) in [4.78, 5) is 22.0. The summed E-state index contributed by atoms with van der Waals surface area (Å²) in [6.45, 7) is 3.17. The molecule has 1 aliphatic rings. The van der Waals surface area contributed by atoms with Gasteiger partial charge in [0.15, 0.2) is 0 Å². The predicted octanol–water partition coefficient (Wildman–Crippen LogP) is 1.41. The number of hydrogen-bond acceptors (Lipinski definition) is 5. The second kappa shape index (κ2) is 5.05. The number of aryl methyl sites for hydroxylation is 1. The van der Waals surface area contributed by atoms with Gasteiger partial charge >= 0.3 is 0 Å². The van der Waals surface area contributed by atoms with E-state index < -0.39 is 5.91 Å². The highest BCUT2D eigenvalue weighted by atomic mass is 16.5. The fourth-order valence-electron chi connectivity index (χ4n) is 2.47. The van der Waals surface area contributed by atoms with Crippen LogP contribution in [0.2, 0.25) is 0 Å². The summed E-state index contributed by atoms with van der Waals surface area (Å²) in [5, 5.41) is 0. The van der Waals surface area contributed by atoms with Crippen LogP contribution in [0.1, 0.15) is 27.2 Å². The predicted molar refractivity (Wildman–Crippen MR) is 78.2 cm³/mol. The van der Waals surface area contributed by atoms with Crippen molar-refractivity contribution in [1.29, 1.82) is 0 Å². The molecule has 6 nitrogen and oxygen atoms in total. The molecule has 1 amide bonds. The molecule has 1 aromatic carbocycles. The molecule has 0 spiro atoms. The van der Waals surface area contributed by atoms with Crippen molar-refractivity contribution in [3.05, 3.63) is 46.8 Å². The number of fused-ring (bicyclic) bond motifs is 1. The van der Waals surface area contributed by atoms with Crippen LogP contribution < -0.4 is 15.4 Å². The van der Waals surface area contributed by atoms with Gasteiger partial charge in [-0.05, 0) is 35.7 Å². The number of methoxy groups -OCH3 is 1. The van der Waals surface area contributed by atoms with Crippen molar-refractivity contribution in [3.8, 4) is 5.75 Å². The number of benzene rings is 1. The number of anilines is 1. The van der Waals surface area contributed by atoms with Gasteiger partial charge in [0.05, 0.1) is 7.11 Å². The van der Waals surface area contributed by atoms with E-state index in [1.54, 1.807) is 20.2 Å². The Hall–Kier alpha value is -2.63. The minimum atomic E-state index is -0.533. The number of nitrogens with two attached hydrogens (primary N) is 1. The first-order valence-electron chi connectivity index (χ1n) is 6.62. The van der Waals surface area contributed by atoms with Crippen molar-refractivity contribution in [2.45, 2.75) is 20.0 Å². The Morgan fingerprint density at radius 1 is 1.33 bits per heavy atom. The summed E-state index contributed by atoms with van der Waals surface area (Å²) < 4.78 is 5.24. The van der Waals surface area contributed by atoms with Gasteiger partial charge in [0.25, 0.3) is 5.91 Å². The Morgan fingerprint density at radius 2 is 2.10 bits per heavy atom. The van der Waals surface area contributed by atoms with Gasteiger partial charge in [0, 0.05) is 19.3 Å². The average Bonchev–Trinajstić information content (AvgIpc) is 2.90. The van der Waals surface area contributed by atoms with Crippen LogP contribution >= 0.6 is 0 Å². The Labute approximate surface area is 122 Å². The van der Waals surface area contributed by atoms with Crippen molar-refractivity contribution in [2.75, 3.05) is 12.0 Å². The van der Waals surface area contributed by atoms with Crippen molar-refractivity contribution >= 4 is 11.9 Å². The molecular formula is C15H16N4O2. The fraction of sp³-hybridized carbons (Fsp3) is 0.267. The molecule has 0 saturated carbocycles. The lowest BCUT2D eigenvalue weighted by Gasteiger charge is -2.16. The Kier molecular flexibility index (Phi) is 3.21. The summed E-state index contributed by atoms with van der Waals surface area (Å²) >= 11 is 0. The maximum atomic E-state index is 11.4. The normalized spacial score (nSPS) is 13.1. The van der Waals surface area contributed by atoms with Crippen molar-refractivity contribution < 1.29 is 9.53 Å². The molecule has 108 valence electrons. The SMILES string of the molecule is COc1ccc2c(c1)CN(c1ncc(C)c(C(N)=O)n1)C2. The monoisotopic (exact) mass is 284 g/mol. The van der Waals surface area contributed by atoms with Crippen molar-refractivity contribution in [2.24, 2.45) is 5.73 Å². The smallest absolute Gasteiger partial charge is 0.267 e. The second-order valence-electron chi connectivity index (χ2n) is 5.06. The Morgan fingerprint density at radius 3 is 2.81 bits per heavy atom. The van der Waals surface area contributed by atoms with Gasteiger partial charge in [0.2, 0.25) is 5.95 Å². The molecule has 0 bridgehead atoms. The van der Waals surface area contributed by atoms with Gasteiger partial charge < -0.3 is 15.4 Å². The number of aromatic nitrogens is 2. The zero-order valence-electron chi connectivity index (χ0n) is 12.0. The summed E-state index contributed by atoms with van der Waals surface area (Å²) in [7, 11) is 1.65. The molecular weight excluding hydrogens is 268 g/mol. The summed E-state index contributed by atoms with van der Waals surface area (Å²) in [5.41, 5.74) is 8.69. The lowest BCUT2D eigenvalue weighted by atomic mass is 10.1. The largest absolute Gasteiger partial charge is 0.497 e. The van der Waals surface area contributed by atoms with E-state index >= 15 is 0 Å². The van der Waals surface area contributed by atoms with Crippen LogP contribution in [0.15, 0.2) is 24.4 Å². The molecule has 2 aromatic rings. The van der Waals surface area contributed by atoms with Gasteiger partial charge in [-0.2, -0.15) is 0 Å². The van der Waals surface area contributed by atoms with Crippen molar-refractivity contribution in [3.63, 3.8) is 0 Å². The molecule has 0 aliphatic carbocycles. The van der Waals surface area contributed by atoms with Crippen LogP contribution in [0.4, 0.5) is 5.95 Å². The van der Waals surface area contributed by atoms with Crippen molar-refractivity contribution in [1.82, 2.24) is 9.97 Å². The number of ether oxygens (including phenoxy) is 1. The number of primary amides is 1. The zero-order valence-corrected chi connectivity index (χ0v) is 12.0. The Bertz CT molecular complexity index is 715. The first kappa shape index (κ1) is 13.4. The lowest BCUT2D eigenvalue weighted by molar-refractivity contribution is 0.0995. The molecule has 2 N–H and O–H groups in total. The van der Waals surface area contributed by atoms with Gasteiger partial charge in [-0.15, -0.1) is 0 Å². The fourth-order valence-corrected chi connectivity index (χ4v) is 2.47. The van der Waals surface area contributed by atoms with E-state index in [1.807, 2.05) is 23.1 Å². The third-order valence-electron chi connectivity index (χ3n) is 3.61. The van der Waals surface area contributed by atoms with E-state index in [9.17, 15) is 4.79 Å². The minimum Gasteiger partial charge on any atom is -0.497 e. The minimum absolute atomic E-state index is 0.272. The van der Waals surface area contributed by atoms with Crippen LogP contribution in [0, 0.1) is 6.92 Å². The third-order valence-corrected chi connectivity index (χ3v) is 3.61. The number of carbonyl (C=O) groups is 1. The summed E-state index contributed by atoms with van der Waals surface area (Å²) in [6, 6.07) is 5.99. The molecule has 0 radical (unpaired) electrons. The number of amides is 1. The van der Waals surface area contributed by atoms with Gasteiger partial charge in [-0.3, -0.25) is 4.79 Å². The molecule has 1 aromatic heterocycles. The molecule has 0 saturated heterocycles. The zero-order chi connectivity index (χ0) is 15.0. The van der Waals surface area contributed by atoms with Gasteiger partial charge in [0.1, 0.15) is 11.4 Å². The quantitative estimate of drug-likeness (QED) is 0.921.